The summed E-state index contributed by atoms with van der Waals surface area (Å²) >= 11 is 0. The average molecular weight is 305 g/mol. The van der Waals surface area contributed by atoms with Crippen LogP contribution in [-0.4, -0.2) is 29.3 Å². The first-order chi connectivity index (χ1) is 10.2. The molecule has 1 rings (SSSR count). The fourth-order valence-electron chi connectivity index (χ4n) is 1.76. The molecule has 0 bridgehead atoms. The highest BCUT2D eigenvalue weighted by Crippen LogP contribution is 2.07. The van der Waals surface area contributed by atoms with E-state index in [-0.39, 0.29) is 30.1 Å². The van der Waals surface area contributed by atoms with Gasteiger partial charge in [0.2, 0.25) is 0 Å². The lowest BCUT2D eigenvalue weighted by atomic mass is 10.1. The van der Waals surface area contributed by atoms with Gasteiger partial charge in [-0.15, -0.1) is 0 Å². The maximum absolute atomic E-state index is 11.9. The summed E-state index contributed by atoms with van der Waals surface area (Å²) in [6.45, 7) is 7.05. The van der Waals surface area contributed by atoms with Crippen LogP contribution < -0.4 is 5.32 Å². The van der Waals surface area contributed by atoms with Gasteiger partial charge in [0.05, 0.1) is 6.42 Å². The van der Waals surface area contributed by atoms with Crippen LogP contribution in [0.25, 0.3) is 0 Å². The summed E-state index contributed by atoms with van der Waals surface area (Å²) in [5.41, 5.74) is 0.176. The maximum atomic E-state index is 11.9. The molecule has 120 valence electrons. The maximum Gasteiger partial charge on any atom is 0.307 e. The van der Waals surface area contributed by atoms with Gasteiger partial charge in [0.1, 0.15) is 0 Å². The second-order valence-corrected chi connectivity index (χ2v) is 6.16. The largest absolute Gasteiger partial charge is 0.453 e. The van der Waals surface area contributed by atoms with Gasteiger partial charge in [-0.25, -0.2) is 0 Å². The van der Waals surface area contributed by atoms with Crippen molar-refractivity contribution in [1.82, 2.24) is 5.32 Å². The monoisotopic (exact) mass is 305 g/mol. The third kappa shape index (κ3) is 6.52. The van der Waals surface area contributed by atoms with Crippen LogP contribution in [0.3, 0.4) is 0 Å². The fraction of sp³-hybridized carbons (Fsp3) is 0.471. The Morgan fingerprint density at radius 1 is 1.09 bits per heavy atom. The highest BCUT2D eigenvalue weighted by molar-refractivity contribution is 5.97. The molecule has 0 radical (unpaired) electrons. The van der Waals surface area contributed by atoms with Crippen molar-refractivity contribution in [2.45, 2.75) is 52.2 Å². The summed E-state index contributed by atoms with van der Waals surface area (Å²) in [7, 11) is 0. The van der Waals surface area contributed by atoms with Crippen molar-refractivity contribution in [3.05, 3.63) is 35.9 Å². The van der Waals surface area contributed by atoms with Gasteiger partial charge < -0.3 is 10.1 Å². The van der Waals surface area contributed by atoms with E-state index in [2.05, 4.69) is 5.32 Å². The van der Waals surface area contributed by atoms with Crippen molar-refractivity contribution in [3.8, 4) is 0 Å². The van der Waals surface area contributed by atoms with Crippen molar-refractivity contribution in [3.63, 3.8) is 0 Å². The standard InChI is InChI=1S/C17H23NO4/c1-12(16(21)18-17(2,3)4)22-15(20)11-10-14(19)13-8-6-5-7-9-13/h5-9,12H,10-11H2,1-4H3,(H,18,21)/t12-/m1/s1. The molecule has 0 aliphatic rings. The second kappa shape index (κ2) is 7.73. The van der Waals surface area contributed by atoms with E-state index in [1.807, 2.05) is 26.8 Å². The molecule has 1 N–H and O–H groups in total. The number of ketones is 1. The number of hydrogen-bond donors (Lipinski definition) is 1. The van der Waals surface area contributed by atoms with E-state index in [9.17, 15) is 14.4 Å². The van der Waals surface area contributed by atoms with Crippen LogP contribution in [0.5, 0.6) is 0 Å². The summed E-state index contributed by atoms with van der Waals surface area (Å²) < 4.78 is 5.04. The quantitative estimate of drug-likeness (QED) is 0.647. The number of amides is 1. The number of nitrogens with one attached hydrogen (secondary N) is 1. The molecular weight excluding hydrogens is 282 g/mol. The molecule has 0 heterocycles. The van der Waals surface area contributed by atoms with Gasteiger partial charge in [0.25, 0.3) is 5.91 Å². The number of Topliss-reactive ketones (excluding diaryl/α,β-unsaturated/α-hetero) is 1. The minimum absolute atomic E-state index is 0.0408. The Bertz CT molecular complexity index is 531. The molecule has 0 spiro atoms. The number of rotatable bonds is 6. The Morgan fingerprint density at radius 3 is 2.23 bits per heavy atom. The third-order valence-corrected chi connectivity index (χ3v) is 2.83. The smallest absolute Gasteiger partial charge is 0.307 e. The van der Waals surface area contributed by atoms with Gasteiger partial charge in [-0.05, 0) is 27.7 Å². The van der Waals surface area contributed by atoms with Gasteiger partial charge in [0.15, 0.2) is 11.9 Å². The van der Waals surface area contributed by atoms with E-state index < -0.39 is 12.1 Å². The molecule has 5 nitrogen and oxygen atoms in total. The zero-order valence-electron chi connectivity index (χ0n) is 13.5. The number of esters is 1. The molecule has 22 heavy (non-hydrogen) atoms. The van der Waals surface area contributed by atoms with Crippen LogP contribution >= 0.6 is 0 Å². The van der Waals surface area contributed by atoms with E-state index in [1.54, 1.807) is 24.3 Å². The van der Waals surface area contributed by atoms with Crippen LogP contribution in [0.1, 0.15) is 50.9 Å². The number of benzene rings is 1. The number of hydrogen-bond acceptors (Lipinski definition) is 4. The molecule has 0 aliphatic carbocycles. The van der Waals surface area contributed by atoms with E-state index >= 15 is 0 Å². The predicted molar refractivity (Wildman–Crippen MR) is 83.5 cm³/mol. The van der Waals surface area contributed by atoms with Crippen LogP contribution in [0.15, 0.2) is 30.3 Å². The van der Waals surface area contributed by atoms with Crippen molar-refractivity contribution in [2.75, 3.05) is 0 Å². The molecular formula is C17H23NO4. The summed E-state index contributed by atoms with van der Waals surface area (Å²) in [6, 6.07) is 8.76. The third-order valence-electron chi connectivity index (χ3n) is 2.83. The molecule has 0 saturated heterocycles. The molecule has 0 aromatic heterocycles. The summed E-state index contributed by atoms with van der Waals surface area (Å²) in [4.78, 5) is 35.4. The van der Waals surface area contributed by atoms with Gasteiger partial charge in [0, 0.05) is 17.5 Å². The Morgan fingerprint density at radius 2 is 1.68 bits per heavy atom. The lowest BCUT2D eigenvalue weighted by Crippen LogP contribution is -2.46. The first-order valence-corrected chi connectivity index (χ1v) is 7.29. The topological polar surface area (TPSA) is 72.5 Å². The van der Waals surface area contributed by atoms with Crippen LogP contribution in [0.4, 0.5) is 0 Å². The minimum atomic E-state index is -0.876. The molecule has 1 aromatic rings. The summed E-state index contributed by atoms with van der Waals surface area (Å²) in [5.74, 6) is -1.03. The fourth-order valence-corrected chi connectivity index (χ4v) is 1.76. The highest BCUT2D eigenvalue weighted by atomic mass is 16.5. The first kappa shape index (κ1) is 17.9. The molecule has 0 saturated carbocycles. The lowest BCUT2D eigenvalue weighted by molar-refractivity contribution is -0.155. The second-order valence-electron chi connectivity index (χ2n) is 6.16. The van der Waals surface area contributed by atoms with E-state index in [0.717, 1.165) is 0 Å². The van der Waals surface area contributed by atoms with E-state index in [0.29, 0.717) is 5.56 Å². The van der Waals surface area contributed by atoms with Crippen LogP contribution in [-0.2, 0) is 14.3 Å². The molecule has 5 heteroatoms. The van der Waals surface area contributed by atoms with Crippen molar-refractivity contribution in [1.29, 1.82) is 0 Å². The zero-order chi connectivity index (χ0) is 16.8. The summed E-state index contributed by atoms with van der Waals surface area (Å²) in [5, 5.41) is 2.73. The van der Waals surface area contributed by atoms with Crippen molar-refractivity contribution in [2.24, 2.45) is 0 Å². The Kier molecular flexibility index (Phi) is 6.28. The minimum Gasteiger partial charge on any atom is -0.453 e. The van der Waals surface area contributed by atoms with E-state index in [4.69, 9.17) is 4.74 Å². The number of ether oxygens (including phenoxy) is 1. The molecule has 1 aromatic carbocycles. The molecule has 0 aliphatic heterocycles. The Hall–Kier alpha value is -2.17. The molecule has 1 atom stereocenters. The molecule has 0 unspecified atom stereocenters. The first-order valence-electron chi connectivity index (χ1n) is 7.29. The zero-order valence-corrected chi connectivity index (χ0v) is 13.5. The van der Waals surface area contributed by atoms with Crippen LogP contribution in [0.2, 0.25) is 0 Å². The van der Waals surface area contributed by atoms with Gasteiger partial charge in [-0.1, -0.05) is 30.3 Å². The van der Waals surface area contributed by atoms with Crippen molar-refractivity contribution >= 4 is 17.7 Å². The average Bonchev–Trinajstić information content (AvgIpc) is 2.43. The molecule has 1 amide bonds. The highest BCUT2D eigenvalue weighted by Gasteiger charge is 2.22. The SMILES string of the molecule is C[C@@H](OC(=O)CCC(=O)c1ccccc1)C(=O)NC(C)(C)C. The van der Waals surface area contributed by atoms with Gasteiger partial charge in [-0.2, -0.15) is 0 Å². The Balaban J connectivity index is 2.40. The normalized spacial score (nSPS) is 12.4. The van der Waals surface area contributed by atoms with Crippen LogP contribution in [0, 0.1) is 0 Å². The molecule has 0 fully saturated rings. The number of carbonyl (C=O) groups excluding carboxylic acids is 3. The van der Waals surface area contributed by atoms with Crippen molar-refractivity contribution < 1.29 is 19.1 Å². The summed E-state index contributed by atoms with van der Waals surface area (Å²) in [6.07, 6.45) is -0.851. The number of carbonyl (C=O) groups is 3. The van der Waals surface area contributed by atoms with E-state index in [1.165, 1.54) is 6.92 Å². The Labute approximate surface area is 131 Å². The van der Waals surface area contributed by atoms with Gasteiger partial charge >= 0.3 is 5.97 Å². The lowest BCUT2D eigenvalue weighted by Gasteiger charge is -2.23. The predicted octanol–water partition coefficient (Wildman–Crippen LogP) is 2.50. The van der Waals surface area contributed by atoms with Gasteiger partial charge in [-0.3, -0.25) is 14.4 Å².